The quantitative estimate of drug-likeness (QED) is 0.177. The summed E-state index contributed by atoms with van der Waals surface area (Å²) in [5.41, 5.74) is 2.76. The number of rotatable bonds is 15. The number of nitrogens with zero attached hydrogens (tertiary/aromatic N) is 10. The Morgan fingerprint density at radius 1 is 1.02 bits per heavy atom. The Balaban J connectivity index is 1.13. The molecule has 1 N–H and O–H groups in total. The number of hydrogen-bond acceptors (Lipinski definition) is 13. The predicted molar refractivity (Wildman–Crippen MR) is 180 cm³/mol. The van der Waals surface area contributed by atoms with Crippen molar-refractivity contribution in [1.29, 1.82) is 5.26 Å². The van der Waals surface area contributed by atoms with Crippen LogP contribution in [-0.4, -0.2) is 103 Å². The average Bonchev–Trinajstić information content (AvgIpc) is 3.78. The van der Waals surface area contributed by atoms with Gasteiger partial charge in [0.2, 0.25) is 5.95 Å². The fourth-order valence-corrected chi connectivity index (χ4v) is 6.27. The van der Waals surface area contributed by atoms with Crippen LogP contribution >= 0.6 is 0 Å². The molecule has 0 bridgehead atoms. The van der Waals surface area contributed by atoms with E-state index in [-0.39, 0.29) is 12.2 Å². The second-order valence-electron chi connectivity index (χ2n) is 12.8. The summed E-state index contributed by atoms with van der Waals surface area (Å²) in [6.07, 6.45) is 12.1. The minimum Gasteiger partial charge on any atom is -0.487 e. The first-order valence-corrected chi connectivity index (χ1v) is 17.1. The number of tetrazole rings is 1. The number of hydrogen-bond donors (Lipinski definition) is 1. The minimum atomic E-state index is -0.270. The first-order valence-electron chi connectivity index (χ1n) is 17.1. The Kier molecular flexibility index (Phi) is 11.6. The molecule has 0 radical (unpaired) electrons. The molecule has 4 heterocycles. The average molecular weight is 672 g/mol. The van der Waals surface area contributed by atoms with Gasteiger partial charge >= 0.3 is 0 Å². The molecule has 49 heavy (non-hydrogen) atoms. The lowest BCUT2D eigenvalue weighted by molar-refractivity contribution is 0.00502. The third-order valence-corrected chi connectivity index (χ3v) is 8.78. The second-order valence-corrected chi connectivity index (χ2v) is 12.8. The van der Waals surface area contributed by atoms with Gasteiger partial charge in [0.25, 0.3) is 5.88 Å². The Morgan fingerprint density at radius 2 is 1.80 bits per heavy atom. The minimum absolute atomic E-state index is 0.180. The highest BCUT2D eigenvalue weighted by molar-refractivity contribution is 5.67. The number of morpholine rings is 1. The first kappa shape index (κ1) is 34.2. The van der Waals surface area contributed by atoms with E-state index in [1.165, 1.54) is 6.33 Å². The van der Waals surface area contributed by atoms with Crippen LogP contribution in [-0.2, 0) is 16.0 Å². The highest BCUT2D eigenvalue weighted by Gasteiger charge is 2.29. The van der Waals surface area contributed by atoms with Gasteiger partial charge in [0.15, 0.2) is 0 Å². The molecule has 0 spiro atoms. The van der Waals surface area contributed by atoms with Crippen molar-refractivity contribution in [3.8, 4) is 28.8 Å². The smallest absolute Gasteiger partial charge is 0.256 e. The summed E-state index contributed by atoms with van der Waals surface area (Å²) in [4.78, 5) is 11.8. The molecule has 1 saturated heterocycles. The lowest BCUT2D eigenvalue weighted by Crippen LogP contribution is -2.45. The van der Waals surface area contributed by atoms with Crippen molar-refractivity contribution in [3.05, 3.63) is 48.7 Å². The molecule has 1 aliphatic carbocycles. The van der Waals surface area contributed by atoms with Crippen molar-refractivity contribution in [3.63, 3.8) is 0 Å². The summed E-state index contributed by atoms with van der Waals surface area (Å²) < 4.78 is 27.1. The molecule has 4 aromatic rings. The number of benzene rings is 1. The Bertz CT molecular complexity index is 1640. The maximum atomic E-state index is 9.67. The molecule has 1 aliphatic heterocycles. The van der Waals surface area contributed by atoms with Crippen LogP contribution < -0.4 is 14.8 Å². The third kappa shape index (κ3) is 9.28. The lowest BCUT2D eigenvalue weighted by Gasteiger charge is -2.38. The van der Waals surface area contributed by atoms with E-state index in [0.717, 1.165) is 75.2 Å². The van der Waals surface area contributed by atoms with Gasteiger partial charge in [0, 0.05) is 43.5 Å². The van der Waals surface area contributed by atoms with Crippen LogP contribution in [0.4, 0.5) is 11.6 Å². The first-order chi connectivity index (χ1) is 23.9. The molecular weight excluding hydrogens is 626 g/mol. The number of anilines is 2. The van der Waals surface area contributed by atoms with E-state index in [4.69, 9.17) is 24.0 Å². The topological polar surface area (TPSA) is 163 Å². The van der Waals surface area contributed by atoms with Crippen molar-refractivity contribution in [2.75, 3.05) is 44.8 Å². The SMILES string of the molecule is CC(C)OCCCOc1nn(C2CCC(N3CCOCC3)CC2)cc1Nc1ncc(-c2ccc(C#N)c(O[C@@H](C)Cn3cnnn3)c2)cn1. The van der Waals surface area contributed by atoms with Gasteiger partial charge in [-0.3, -0.25) is 9.58 Å². The zero-order chi connectivity index (χ0) is 34.0. The van der Waals surface area contributed by atoms with Gasteiger partial charge in [0.1, 0.15) is 29.9 Å². The van der Waals surface area contributed by atoms with Gasteiger partial charge in [-0.15, -0.1) is 10.2 Å². The van der Waals surface area contributed by atoms with E-state index in [1.807, 2.05) is 43.8 Å². The van der Waals surface area contributed by atoms with Crippen LogP contribution in [0, 0.1) is 11.3 Å². The summed E-state index contributed by atoms with van der Waals surface area (Å²) in [6.45, 7) is 11.2. The molecule has 3 aromatic heterocycles. The van der Waals surface area contributed by atoms with Gasteiger partial charge in [-0.2, -0.15) is 5.26 Å². The molecule has 2 fully saturated rings. The Morgan fingerprint density at radius 3 is 2.51 bits per heavy atom. The summed E-state index contributed by atoms with van der Waals surface area (Å²) in [5, 5.41) is 29.1. The predicted octanol–water partition coefficient (Wildman–Crippen LogP) is 4.42. The molecule has 260 valence electrons. The maximum absolute atomic E-state index is 9.67. The Labute approximate surface area is 286 Å². The lowest BCUT2D eigenvalue weighted by atomic mass is 9.90. The van der Waals surface area contributed by atoms with Crippen molar-refractivity contribution < 1.29 is 18.9 Å². The molecule has 6 rings (SSSR count). The maximum Gasteiger partial charge on any atom is 0.256 e. The van der Waals surface area contributed by atoms with Crippen molar-refractivity contribution in [2.24, 2.45) is 0 Å². The third-order valence-electron chi connectivity index (χ3n) is 8.78. The van der Waals surface area contributed by atoms with E-state index >= 15 is 0 Å². The fourth-order valence-electron chi connectivity index (χ4n) is 6.27. The standard InChI is InChI=1S/C34H45N11O4/c1-24(2)47-13-4-14-48-33-31(22-45(40-33)30-9-7-29(8-10-30)43-11-15-46-16-12-43)39-34-36-19-28(20-37-34)26-5-6-27(18-35)32(17-26)49-25(3)21-44-23-38-41-42-44/h5-6,17,19-20,22-25,29-30H,4,7-16,21H2,1-3H3,(H,36,37,39)/t25-,29?,30?/m0/s1. The highest BCUT2D eigenvalue weighted by atomic mass is 16.5. The summed E-state index contributed by atoms with van der Waals surface area (Å²) in [5.74, 6) is 1.42. The van der Waals surface area contributed by atoms with E-state index < -0.39 is 0 Å². The molecule has 1 saturated carbocycles. The number of nitrogens with one attached hydrogen (secondary N) is 1. The van der Waals surface area contributed by atoms with Crippen LogP contribution in [0.2, 0.25) is 0 Å². The molecule has 0 amide bonds. The zero-order valence-electron chi connectivity index (χ0n) is 28.4. The normalized spacial score (nSPS) is 19.0. The van der Waals surface area contributed by atoms with Gasteiger partial charge in [0.05, 0.1) is 56.9 Å². The molecule has 0 unspecified atom stereocenters. The monoisotopic (exact) mass is 671 g/mol. The second kappa shape index (κ2) is 16.6. The number of aromatic nitrogens is 8. The Hall–Kier alpha value is -4.65. The van der Waals surface area contributed by atoms with E-state index in [0.29, 0.717) is 55.0 Å². The largest absolute Gasteiger partial charge is 0.487 e. The summed E-state index contributed by atoms with van der Waals surface area (Å²) >= 11 is 0. The van der Waals surface area contributed by atoms with Crippen LogP contribution in [0.5, 0.6) is 11.6 Å². The van der Waals surface area contributed by atoms with Crippen LogP contribution in [0.1, 0.15) is 64.5 Å². The summed E-state index contributed by atoms with van der Waals surface area (Å²) in [6, 6.07) is 8.53. The molecule has 1 aromatic carbocycles. The number of ether oxygens (including phenoxy) is 4. The molecule has 2 aliphatic rings. The molecular formula is C34H45N11O4. The van der Waals surface area contributed by atoms with Crippen LogP contribution in [0.25, 0.3) is 11.1 Å². The van der Waals surface area contributed by atoms with Crippen molar-refractivity contribution in [1.82, 2.24) is 44.9 Å². The van der Waals surface area contributed by atoms with Crippen LogP contribution in [0.3, 0.4) is 0 Å². The van der Waals surface area contributed by atoms with E-state index in [2.05, 4.69) is 41.8 Å². The summed E-state index contributed by atoms with van der Waals surface area (Å²) in [7, 11) is 0. The van der Waals surface area contributed by atoms with E-state index in [9.17, 15) is 5.26 Å². The van der Waals surface area contributed by atoms with Crippen LogP contribution in [0.15, 0.2) is 43.1 Å². The van der Waals surface area contributed by atoms with Gasteiger partial charge in [-0.1, -0.05) is 6.07 Å². The van der Waals surface area contributed by atoms with Gasteiger partial charge in [-0.25, -0.2) is 14.6 Å². The van der Waals surface area contributed by atoms with Crippen molar-refractivity contribution in [2.45, 2.75) is 83.7 Å². The highest BCUT2D eigenvalue weighted by Crippen LogP contribution is 2.35. The van der Waals surface area contributed by atoms with Gasteiger partial charge < -0.3 is 24.3 Å². The molecule has 15 nitrogen and oxygen atoms in total. The molecule has 1 atom stereocenters. The number of nitriles is 1. The van der Waals surface area contributed by atoms with Gasteiger partial charge in [-0.05, 0) is 74.6 Å². The van der Waals surface area contributed by atoms with Crippen molar-refractivity contribution >= 4 is 11.6 Å². The fraction of sp³-hybridized carbons (Fsp3) is 0.559. The van der Waals surface area contributed by atoms with E-state index in [1.54, 1.807) is 23.1 Å². The molecule has 15 heteroatoms. The zero-order valence-corrected chi connectivity index (χ0v) is 28.4.